The molecule has 21 heavy (non-hydrogen) atoms. The molecule has 0 amide bonds. The maximum absolute atomic E-state index is 11.9. The zero-order valence-corrected chi connectivity index (χ0v) is 11.6. The number of esters is 2. The van der Waals surface area contributed by atoms with Crippen LogP contribution in [0, 0.1) is 0 Å². The molecule has 1 atom stereocenters. The lowest BCUT2D eigenvalue weighted by Crippen LogP contribution is -2.26. The molecule has 1 aromatic carbocycles. The number of benzene rings is 1. The van der Waals surface area contributed by atoms with Gasteiger partial charge in [-0.2, -0.15) is 0 Å². The molecular weight excluding hydrogens is 276 g/mol. The summed E-state index contributed by atoms with van der Waals surface area (Å²) < 4.78 is 9.65. The molecule has 0 fully saturated rings. The van der Waals surface area contributed by atoms with E-state index in [2.05, 4.69) is 6.58 Å². The first kappa shape index (κ1) is 16.6. The number of hydrogen-bond donors (Lipinski definition) is 1. The van der Waals surface area contributed by atoms with Crippen LogP contribution < -0.4 is 0 Å². The van der Waals surface area contributed by atoms with E-state index in [1.54, 1.807) is 19.1 Å². The Morgan fingerprint density at radius 3 is 2.19 bits per heavy atom. The van der Waals surface area contributed by atoms with Gasteiger partial charge in [-0.25, -0.2) is 9.59 Å². The summed E-state index contributed by atoms with van der Waals surface area (Å²) in [6, 6.07) is 5.97. The molecule has 0 radical (unpaired) electrons. The molecule has 0 heterocycles. The second kappa shape index (κ2) is 7.96. The zero-order chi connectivity index (χ0) is 15.8. The summed E-state index contributed by atoms with van der Waals surface area (Å²) in [7, 11) is 0. The van der Waals surface area contributed by atoms with Crippen molar-refractivity contribution in [2.24, 2.45) is 0 Å². The Bertz CT molecular complexity index is 549. The maximum atomic E-state index is 11.9. The van der Waals surface area contributed by atoms with E-state index in [0.29, 0.717) is 0 Å². The first-order valence-electron chi connectivity index (χ1n) is 6.28. The number of aliphatic hydroxyl groups excluding tert-OH is 1. The molecule has 0 aromatic heterocycles. The van der Waals surface area contributed by atoms with Gasteiger partial charge in [-0.05, 0) is 25.1 Å². The van der Waals surface area contributed by atoms with Crippen molar-refractivity contribution >= 4 is 17.7 Å². The average molecular weight is 292 g/mol. The minimum atomic E-state index is -1.47. The van der Waals surface area contributed by atoms with Crippen molar-refractivity contribution < 1.29 is 29.0 Å². The summed E-state index contributed by atoms with van der Waals surface area (Å²) in [6.07, 6.45) is -0.536. The van der Waals surface area contributed by atoms with Crippen LogP contribution in [0.1, 0.15) is 27.6 Å². The number of hydrogen-bond acceptors (Lipinski definition) is 6. The highest BCUT2D eigenvalue weighted by molar-refractivity contribution is 6.03. The third-order valence-corrected chi connectivity index (χ3v) is 2.54. The summed E-state index contributed by atoms with van der Waals surface area (Å²) in [4.78, 5) is 34.7. The number of ketones is 1. The van der Waals surface area contributed by atoms with Crippen molar-refractivity contribution in [3.05, 3.63) is 48.0 Å². The summed E-state index contributed by atoms with van der Waals surface area (Å²) in [5.41, 5.74) is 0.0723. The number of rotatable bonds is 7. The van der Waals surface area contributed by atoms with E-state index in [0.717, 1.165) is 6.08 Å². The Morgan fingerprint density at radius 2 is 1.71 bits per heavy atom. The Kier molecular flexibility index (Phi) is 6.29. The molecule has 0 aliphatic rings. The van der Waals surface area contributed by atoms with Crippen molar-refractivity contribution in [3.63, 3.8) is 0 Å². The van der Waals surface area contributed by atoms with Crippen LogP contribution in [0.5, 0.6) is 0 Å². The highest BCUT2D eigenvalue weighted by atomic mass is 16.5. The predicted molar refractivity (Wildman–Crippen MR) is 73.9 cm³/mol. The topological polar surface area (TPSA) is 89.9 Å². The van der Waals surface area contributed by atoms with Gasteiger partial charge < -0.3 is 14.6 Å². The number of ether oxygens (including phenoxy) is 2. The molecule has 1 N–H and O–H groups in total. The van der Waals surface area contributed by atoms with Crippen molar-refractivity contribution in [1.29, 1.82) is 0 Å². The lowest BCUT2D eigenvalue weighted by molar-refractivity contribution is -0.124. The third kappa shape index (κ3) is 4.54. The van der Waals surface area contributed by atoms with Crippen LogP contribution in [-0.4, -0.2) is 42.1 Å². The van der Waals surface area contributed by atoms with Gasteiger partial charge >= 0.3 is 11.9 Å². The molecule has 1 unspecified atom stereocenters. The maximum Gasteiger partial charge on any atom is 0.339 e. The van der Waals surface area contributed by atoms with Crippen LogP contribution in [0.2, 0.25) is 0 Å². The monoisotopic (exact) mass is 292 g/mol. The molecule has 0 saturated carbocycles. The Labute approximate surface area is 122 Å². The minimum absolute atomic E-state index is 0.00852. The minimum Gasteiger partial charge on any atom is -0.462 e. The van der Waals surface area contributed by atoms with E-state index in [9.17, 15) is 19.5 Å². The van der Waals surface area contributed by atoms with Crippen LogP contribution >= 0.6 is 0 Å². The fourth-order valence-electron chi connectivity index (χ4n) is 1.50. The molecule has 112 valence electrons. The number of aliphatic hydroxyl groups is 1. The molecular formula is C15H16O6. The lowest BCUT2D eigenvalue weighted by Gasteiger charge is -2.11. The molecule has 0 aliphatic carbocycles. The third-order valence-electron chi connectivity index (χ3n) is 2.54. The van der Waals surface area contributed by atoms with E-state index in [1.807, 2.05) is 0 Å². The first-order chi connectivity index (χ1) is 10.0. The van der Waals surface area contributed by atoms with Gasteiger partial charge in [-0.1, -0.05) is 18.7 Å². The standard InChI is InChI=1S/C15H16O6/c1-3-12(16)13(17)9-21-15(19)11-8-6-5-7-10(11)14(18)20-4-2/h3,5-8,13,17H,1,4,9H2,2H3. The second-order valence-corrected chi connectivity index (χ2v) is 3.99. The second-order valence-electron chi connectivity index (χ2n) is 3.99. The summed E-state index contributed by atoms with van der Waals surface area (Å²) in [6.45, 7) is 4.52. The van der Waals surface area contributed by atoms with Gasteiger partial charge in [0, 0.05) is 0 Å². The van der Waals surface area contributed by atoms with Crippen LogP contribution in [0.15, 0.2) is 36.9 Å². The van der Waals surface area contributed by atoms with Gasteiger partial charge in [-0.3, -0.25) is 4.79 Å². The smallest absolute Gasteiger partial charge is 0.339 e. The van der Waals surface area contributed by atoms with E-state index >= 15 is 0 Å². The molecule has 0 bridgehead atoms. The van der Waals surface area contributed by atoms with Crippen LogP contribution in [0.25, 0.3) is 0 Å². The van der Waals surface area contributed by atoms with E-state index in [4.69, 9.17) is 9.47 Å². The zero-order valence-electron chi connectivity index (χ0n) is 11.6. The highest BCUT2D eigenvalue weighted by Crippen LogP contribution is 2.12. The molecule has 0 spiro atoms. The fourth-order valence-corrected chi connectivity index (χ4v) is 1.50. The van der Waals surface area contributed by atoms with Crippen molar-refractivity contribution in [1.82, 2.24) is 0 Å². The van der Waals surface area contributed by atoms with E-state index in [-0.39, 0.29) is 17.7 Å². The van der Waals surface area contributed by atoms with E-state index in [1.165, 1.54) is 12.1 Å². The van der Waals surface area contributed by atoms with Gasteiger partial charge in [0.15, 0.2) is 11.9 Å². The van der Waals surface area contributed by atoms with Crippen LogP contribution in [0.3, 0.4) is 0 Å². The number of carbonyl (C=O) groups is 3. The highest BCUT2D eigenvalue weighted by Gasteiger charge is 2.20. The van der Waals surface area contributed by atoms with Gasteiger partial charge in [0.25, 0.3) is 0 Å². The molecule has 6 heteroatoms. The average Bonchev–Trinajstić information content (AvgIpc) is 2.51. The quantitative estimate of drug-likeness (QED) is 0.598. The van der Waals surface area contributed by atoms with Gasteiger partial charge in [-0.15, -0.1) is 0 Å². The number of carbonyl (C=O) groups excluding carboxylic acids is 3. The first-order valence-corrected chi connectivity index (χ1v) is 6.28. The van der Waals surface area contributed by atoms with Crippen LogP contribution in [0.4, 0.5) is 0 Å². The molecule has 1 rings (SSSR count). The van der Waals surface area contributed by atoms with Gasteiger partial charge in [0.1, 0.15) is 6.61 Å². The van der Waals surface area contributed by atoms with Crippen LogP contribution in [-0.2, 0) is 14.3 Å². The molecule has 1 aromatic rings. The van der Waals surface area contributed by atoms with Gasteiger partial charge in [0.05, 0.1) is 17.7 Å². The molecule has 0 aliphatic heterocycles. The summed E-state index contributed by atoms with van der Waals surface area (Å²) in [5, 5.41) is 9.39. The van der Waals surface area contributed by atoms with Crippen molar-refractivity contribution in [2.45, 2.75) is 13.0 Å². The Balaban J connectivity index is 2.81. The van der Waals surface area contributed by atoms with Crippen molar-refractivity contribution in [2.75, 3.05) is 13.2 Å². The molecule has 6 nitrogen and oxygen atoms in total. The SMILES string of the molecule is C=CC(=O)C(O)COC(=O)c1ccccc1C(=O)OCC. The predicted octanol–water partition coefficient (Wildman–Crippen LogP) is 1.14. The largest absolute Gasteiger partial charge is 0.462 e. The Morgan fingerprint density at radius 1 is 1.19 bits per heavy atom. The van der Waals surface area contributed by atoms with Gasteiger partial charge in [0.2, 0.25) is 0 Å². The summed E-state index contributed by atoms with van der Waals surface area (Å²) in [5.74, 6) is -2.12. The van der Waals surface area contributed by atoms with Crippen molar-refractivity contribution in [3.8, 4) is 0 Å². The molecule has 0 saturated heterocycles. The summed E-state index contributed by atoms with van der Waals surface area (Å²) >= 11 is 0. The van der Waals surface area contributed by atoms with E-state index < -0.39 is 30.4 Å². The Hall–Kier alpha value is -2.47. The lowest BCUT2D eigenvalue weighted by atomic mass is 10.1. The fraction of sp³-hybridized carbons (Fsp3) is 0.267. The normalized spacial score (nSPS) is 11.3.